The van der Waals surface area contributed by atoms with E-state index in [-0.39, 0.29) is 12.5 Å². The van der Waals surface area contributed by atoms with Crippen LogP contribution in [0.3, 0.4) is 0 Å². The number of ether oxygens (including phenoxy) is 1. The second-order valence-corrected chi connectivity index (χ2v) is 13.6. The molecule has 1 saturated heterocycles. The van der Waals surface area contributed by atoms with E-state index < -0.39 is 26.6 Å². The fraction of sp³-hybridized carbons (Fsp3) is 0.700. The first-order valence-corrected chi connectivity index (χ1v) is 11.6. The Morgan fingerprint density at radius 1 is 1.15 bits per heavy atom. The van der Waals surface area contributed by atoms with Gasteiger partial charge in [-0.3, -0.25) is 4.79 Å². The topological polar surface area (TPSA) is 55.8 Å². The van der Waals surface area contributed by atoms with Crippen molar-refractivity contribution in [3.8, 4) is 0 Å². The number of carbonyl (C=O) groups is 2. The largest absolute Gasteiger partial charge is 0.445 e. The maximum Gasteiger partial charge on any atom is 0.417 e. The lowest BCUT2D eigenvalue weighted by molar-refractivity contribution is -0.156. The van der Waals surface area contributed by atoms with Gasteiger partial charge < -0.3 is 9.16 Å². The molecule has 1 aliphatic heterocycles. The number of hydrogen-bond acceptors (Lipinski definition) is 4. The molecule has 1 aliphatic rings. The number of likely N-dealkylation sites (tertiary alicyclic amines) is 1. The zero-order valence-corrected chi connectivity index (χ0v) is 18.5. The molecule has 1 rings (SSSR count). The molecule has 5 nitrogen and oxygen atoms in total. The van der Waals surface area contributed by atoms with Gasteiger partial charge in [-0.25, -0.2) is 9.69 Å². The van der Waals surface area contributed by atoms with E-state index in [1.54, 1.807) is 0 Å². The summed E-state index contributed by atoms with van der Waals surface area (Å²) >= 11 is 0. The predicted molar refractivity (Wildman–Crippen MR) is 108 cm³/mol. The number of rotatable bonds is 8. The van der Waals surface area contributed by atoms with E-state index in [9.17, 15) is 9.59 Å². The number of hydrogen-bond donors (Lipinski definition) is 0. The van der Waals surface area contributed by atoms with E-state index >= 15 is 0 Å². The van der Waals surface area contributed by atoms with Gasteiger partial charge in [0.25, 0.3) is 5.91 Å². The minimum Gasteiger partial charge on any atom is -0.445 e. The van der Waals surface area contributed by atoms with Gasteiger partial charge in [-0.1, -0.05) is 65.8 Å². The third kappa shape index (κ3) is 4.28. The Kier molecular flexibility index (Phi) is 7.83. The summed E-state index contributed by atoms with van der Waals surface area (Å²) in [5.74, 6) is -0.305. The molecule has 26 heavy (non-hydrogen) atoms. The highest BCUT2D eigenvalue weighted by molar-refractivity contribution is 6.77. The molecule has 0 N–H and O–H groups in total. The Balaban J connectivity index is 3.17. The van der Waals surface area contributed by atoms with Crippen molar-refractivity contribution in [2.75, 3.05) is 6.61 Å². The first-order valence-electron chi connectivity index (χ1n) is 9.44. The molecular formula is C20H35NO4Si. The van der Waals surface area contributed by atoms with Gasteiger partial charge in [0, 0.05) is 0 Å². The van der Waals surface area contributed by atoms with E-state index in [1.165, 1.54) is 11.0 Å². The minimum absolute atomic E-state index is 0.0817. The van der Waals surface area contributed by atoms with Crippen molar-refractivity contribution >= 4 is 20.3 Å². The number of β-lactam (4-membered cyclic amide) rings is 1. The number of carbonyl (C=O) groups excluding carboxylic acids is 2. The van der Waals surface area contributed by atoms with Gasteiger partial charge in [-0.15, -0.1) is 0 Å². The van der Waals surface area contributed by atoms with Crippen LogP contribution in [0.15, 0.2) is 24.3 Å². The number of allylic oxidation sites excluding steroid dienone is 1. The lowest BCUT2D eigenvalue weighted by Gasteiger charge is -2.51. The third-order valence-electron chi connectivity index (χ3n) is 5.15. The zero-order chi connectivity index (χ0) is 20.2. The minimum atomic E-state index is -2.23. The summed E-state index contributed by atoms with van der Waals surface area (Å²) in [4.78, 5) is 26.2. The molecule has 0 spiro atoms. The van der Waals surface area contributed by atoms with Crippen molar-refractivity contribution in [3.63, 3.8) is 0 Å². The molecular weight excluding hydrogens is 346 g/mol. The zero-order valence-electron chi connectivity index (χ0n) is 17.5. The second kappa shape index (κ2) is 9.00. The summed E-state index contributed by atoms with van der Waals surface area (Å²) in [7, 11) is -2.23. The Bertz CT molecular complexity index is 542. The van der Waals surface area contributed by atoms with Gasteiger partial charge >= 0.3 is 6.09 Å². The molecule has 0 unspecified atom stereocenters. The van der Waals surface area contributed by atoms with E-state index in [1.807, 2.05) is 19.9 Å². The molecule has 0 bridgehead atoms. The van der Waals surface area contributed by atoms with E-state index in [4.69, 9.17) is 9.16 Å². The lowest BCUT2D eigenvalue weighted by Crippen LogP contribution is -2.70. The molecule has 0 aromatic carbocycles. The van der Waals surface area contributed by atoms with Crippen molar-refractivity contribution in [1.29, 1.82) is 0 Å². The summed E-state index contributed by atoms with van der Waals surface area (Å²) in [5.41, 5.74) is 2.13. The highest BCUT2D eigenvalue weighted by Crippen LogP contribution is 2.45. The van der Waals surface area contributed by atoms with Crippen molar-refractivity contribution < 1.29 is 18.8 Å². The monoisotopic (exact) mass is 381 g/mol. The lowest BCUT2D eigenvalue weighted by atomic mass is 9.97. The summed E-state index contributed by atoms with van der Waals surface area (Å²) in [6.45, 7) is 20.6. The van der Waals surface area contributed by atoms with Crippen molar-refractivity contribution in [2.24, 2.45) is 0 Å². The Morgan fingerprint density at radius 3 is 2.04 bits per heavy atom. The molecule has 2 amide bonds. The fourth-order valence-corrected chi connectivity index (χ4v) is 9.64. The molecule has 2 atom stereocenters. The SMILES string of the molecule is C=CCOC(=O)N1C(=O)[C@H](O[Si](C(C)C)(C(C)C)C(C)C)[C@@H]1C=C(C)C. The Hall–Kier alpha value is -1.40. The summed E-state index contributed by atoms with van der Waals surface area (Å²) in [6, 6.07) is -0.409. The normalized spacial score (nSPS) is 20.4. The van der Waals surface area contributed by atoms with Crippen LogP contribution in [0.5, 0.6) is 0 Å². The van der Waals surface area contributed by atoms with Gasteiger partial charge in [0.2, 0.25) is 8.32 Å². The summed E-state index contributed by atoms with van der Waals surface area (Å²) in [6.07, 6.45) is 2.16. The van der Waals surface area contributed by atoms with Crippen LogP contribution in [0.2, 0.25) is 16.6 Å². The average molecular weight is 382 g/mol. The molecule has 0 aromatic rings. The number of amides is 2. The van der Waals surface area contributed by atoms with Crippen LogP contribution in [0.25, 0.3) is 0 Å². The average Bonchev–Trinajstić information content (AvgIpc) is 2.51. The maximum absolute atomic E-state index is 12.8. The number of imide groups is 1. The third-order valence-corrected chi connectivity index (χ3v) is 11.2. The highest BCUT2D eigenvalue weighted by atomic mass is 28.4. The van der Waals surface area contributed by atoms with Crippen LogP contribution in [0.4, 0.5) is 4.79 Å². The van der Waals surface area contributed by atoms with Crippen LogP contribution < -0.4 is 0 Å². The van der Waals surface area contributed by atoms with Gasteiger partial charge in [0.1, 0.15) is 12.7 Å². The van der Waals surface area contributed by atoms with Gasteiger partial charge in [-0.05, 0) is 30.5 Å². The van der Waals surface area contributed by atoms with Crippen LogP contribution in [0.1, 0.15) is 55.4 Å². The summed E-state index contributed by atoms with van der Waals surface area (Å²) in [5, 5.41) is 0. The Labute approximate surface area is 159 Å². The van der Waals surface area contributed by atoms with Crippen LogP contribution in [-0.4, -0.2) is 44.0 Å². The molecule has 1 fully saturated rings. The molecule has 148 valence electrons. The molecule has 1 heterocycles. The fourth-order valence-electron chi connectivity index (χ4n) is 4.15. The van der Waals surface area contributed by atoms with E-state index in [0.717, 1.165) is 5.57 Å². The Morgan fingerprint density at radius 2 is 1.65 bits per heavy atom. The van der Waals surface area contributed by atoms with Crippen LogP contribution in [-0.2, 0) is 14.0 Å². The summed E-state index contributed by atoms with van der Waals surface area (Å²) < 4.78 is 11.7. The standard InChI is InChI=1S/C20H35NO4Si/c1-10-11-24-20(23)21-17(12-13(2)3)18(19(21)22)25-26(14(4)5,15(6)7)16(8)9/h10,12,14-18H,1,11H2,2-9H3/t17-,18+/m0/s1. The van der Waals surface area contributed by atoms with Gasteiger partial charge in [0.05, 0.1) is 6.04 Å². The highest BCUT2D eigenvalue weighted by Gasteiger charge is 2.57. The maximum atomic E-state index is 12.8. The molecule has 0 radical (unpaired) electrons. The molecule has 0 aromatic heterocycles. The van der Waals surface area contributed by atoms with Crippen LogP contribution in [0, 0.1) is 0 Å². The van der Waals surface area contributed by atoms with Crippen molar-refractivity contribution in [1.82, 2.24) is 4.90 Å². The predicted octanol–water partition coefficient (Wildman–Crippen LogP) is 5.05. The molecule has 0 aliphatic carbocycles. The first-order chi connectivity index (χ1) is 12.0. The van der Waals surface area contributed by atoms with E-state index in [0.29, 0.717) is 16.6 Å². The smallest absolute Gasteiger partial charge is 0.417 e. The quantitative estimate of drug-likeness (QED) is 0.335. The molecule has 0 saturated carbocycles. The van der Waals surface area contributed by atoms with Crippen molar-refractivity contribution in [2.45, 2.75) is 84.2 Å². The van der Waals surface area contributed by atoms with Crippen LogP contribution >= 0.6 is 0 Å². The van der Waals surface area contributed by atoms with Gasteiger partial charge in [0.15, 0.2) is 0 Å². The van der Waals surface area contributed by atoms with Gasteiger partial charge in [-0.2, -0.15) is 0 Å². The van der Waals surface area contributed by atoms with Crippen molar-refractivity contribution in [3.05, 3.63) is 24.3 Å². The van der Waals surface area contributed by atoms with E-state index in [2.05, 4.69) is 48.1 Å². The molecule has 6 heteroatoms. The second-order valence-electron chi connectivity index (χ2n) is 8.16. The number of nitrogens with zero attached hydrogens (tertiary/aromatic N) is 1. The first kappa shape index (κ1) is 22.6.